The van der Waals surface area contributed by atoms with Crippen molar-refractivity contribution < 1.29 is 9.13 Å². The maximum atomic E-state index is 13.4. The van der Waals surface area contributed by atoms with Crippen LogP contribution in [0.3, 0.4) is 0 Å². The van der Waals surface area contributed by atoms with Crippen LogP contribution >= 0.6 is 15.9 Å². The second kappa shape index (κ2) is 5.91. The van der Waals surface area contributed by atoms with Gasteiger partial charge in [-0.1, -0.05) is 25.1 Å². The summed E-state index contributed by atoms with van der Waals surface area (Å²) in [6.45, 7) is 2.11. The molecule has 1 aromatic heterocycles. The first-order valence-corrected chi connectivity index (χ1v) is 6.38. The van der Waals surface area contributed by atoms with Gasteiger partial charge in [0.05, 0.1) is 0 Å². The van der Waals surface area contributed by atoms with Crippen molar-refractivity contribution in [3.05, 3.63) is 52.1 Å². The molecule has 3 nitrogen and oxygen atoms in total. The monoisotopic (exact) mass is 310 g/mol. The van der Waals surface area contributed by atoms with Crippen molar-refractivity contribution in [2.75, 3.05) is 0 Å². The van der Waals surface area contributed by atoms with E-state index in [0.717, 1.165) is 6.42 Å². The lowest BCUT2D eigenvalue weighted by atomic mass is 10.2. The fourth-order valence-corrected chi connectivity index (χ4v) is 1.84. The second-order valence-corrected chi connectivity index (χ2v) is 4.49. The van der Waals surface area contributed by atoms with E-state index in [1.165, 1.54) is 6.07 Å². The standard InChI is InChI=1S/C13H12BrFN2O/c1-2-12-16-11(14)7-13(17-12)18-8-9-5-3-4-6-10(9)15/h3-7H,2,8H2,1H3. The van der Waals surface area contributed by atoms with Gasteiger partial charge in [-0.3, -0.25) is 0 Å². The van der Waals surface area contributed by atoms with E-state index < -0.39 is 0 Å². The topological polar surface area (TPSA) is 35.0 Å². The summed E-state index contributed by atoms with van der Waals surface area (Å²) in [5, 5.41) is 0. The highest BCUT2D eigenvalue weighted by Crippen LogP contribution is 2.16. The van der Waals surface area contributed by atoms with Gasteiger partial charge in [0.2, 0.25) is 5.88 Å². The number of aryl methyl sites for hydroxylation is 1. The summed E-state index contributed by atoms with van der Waals surface area (Å²) < 4.78 is 19.5. The van der Waals surface area contributed by atoms with Crippen LogP contribution in [0.15, 0.2) is 34.9 Å². The highest BCUT2D eigenvalue weighted by atomic mass is 79.9. The van der Waals surface area contributed by atoms with Crippen LogP contribution in [-0.4, -0.2) is 9.97 Å². The number of hydrogen-bond donors (Lipinski definition) is 0. The van der Waals surface area contributed by atoms with Crippen LogP contribution in [0.2, 0.25) is 0 Å². The lowest BCUT2D eigenvalue weighted by Crippen LogP contribution is -2.02. The molecule has 0 aliphatic rings. The normalized spacial score (nSPS) is 10.4. The Morgan fingerprint density at radius 1 is 1.28 bits per heavy atom. The molecule has 0 saturated heterocycles. The first-order chi connectivity index (χ1) is 8.69. The molecule has 0 fully saturated rings. The van der Waals surface area contributed by atoms with E-state index in [0.29, 0.717) is 21.9 Å². The number of benzene rings is 1. The number of ether oxygens (including phenoxy) is 1. The van der Waals surface area contributed by atoms with Gasteiger partial charge in [0.25, 0.3) is 0 Å². The molecule has 0 aliphatic heterocycles. The van der Waals surface area contributed by atoms with Gasteiger partial charge >= 0.3 is 0 Å². The number of nitrogens with zero attached hydrogens (tertiary/aromatic N) is 2. The highest BCUT2D eigenvalue weighted by Gasteiger charge is 2.05. The molecular formula is C13H12BrFN2O. The molecular weight excluding hydrogens is 299 g/mol. The summed E-state index contributed by atoms with van der Waals surface area (Å²) in [5.41, 5.74) is 0.505. The van der Waals surface area contributed by atoms with Crippen molar-refractivity contribution >= 4 is 15.9 Å². The Hall–Kier alpha value is -1.49. The third-order valence-electron chi connectivity index (χ3n) is 2.37. The molecule has 94 valence electrons. The average molecular weight is 311 g/mol. The van der Waals surface area contributed by atoms with Crippen molar-refractivity contribution in [3.8, 4) is 5.88 Å². The number of halogens is 2. The zero-order valence-corrected chi connectivity index (χ0v) is 11.4. The molecule has 0 N–H and O–H groups in total. The summed E-state index contributed by atoms with van der Waals surface area (Å²) in [7, 11) is 0. The van der Waals surface area contributed by atoms with Crippen molar-refractivity contribution in [2.45, 2.75) is 20.0 Å². The number of rotatable bonds is 4. The van der Waals surface area contributed by atoms with Crippen molar-refractivity contribution in [1.82, 2.24) is 9.97 Å². The van der Waals surface area contributed by atoms with Crippen LogP contribution in [0, 0.1) is 5.82 Å². The first-order valence-electron chi connectivity index (χ1n) is 5.58. The van der Waals surface area contributed by atoms with Crippen molar-refractivity contribution in [3.63, 3.8) is 0 Å². The van der Waals surface area contributed by atoms with Crippen LogP contribution in [0.4, 0.5) is 4.39 Å². The molecule has 2 rings (SSSR count). The van der Waals surface area contributed by atoms with Gasteiger partial charge in [0, 0.05) is 18.1 Å². The molecule has 0 unspecified atom stereocenters. The van der Waals surface area contributed by atoms with E-state index in [4.69, 9.17) is 4.74 Å². The SMILES string of the molecule is CCc1nc(Br)cc(OCc2ccccc2F)n1. The maximum Gasteiger partial charge on any atom is 0.218 e. The van der Waals surface area contributed by atoms with Gasteiger partial charge in [-0.15, -0.1) is 0 Å². The Morgan fingerprint density at radius 3 is 2.78 bits per heavy atom. The summed E-state index contributed by atoms with van der Waals surface area (Å²) in [4.78, 5) is 8.39. The molecule has 0 radical (unpaired) electrons. The van der Waals surface area contributed by atoms with E-state index >= 15 is 0 Å². The van der Waals surface area contributed by atoms with Crippen molar-refractivity contribution in [1.29, 1.82) is 0 Å². The van der Waals surface area contributed by atoms with E-state index in [1.807, 2.05) is 6.92 Å². The average Bonchev–Trinajstić information content (AvgIpc) is 2.37. The first kappa shape index (κ1) is 13.0. The minimum atomic E-state index is -0.277. The Labute approximate surface area is 113 Å². The summed E-state index contributed by atoms with van der Waals surface area (Å²) >= 11 is 3.29. The van der Waals surface area contributed by atoms with Gasteiger partial charge in [-0.2, -0.15) is 4.98 Å². The molecule has 18 heavy (non-hydrogen) atoms. The van der Waals surface area contributed by atoms with E-state index in [2.05, 4.69) is 25.9 Å². The predicted octanol–water partition coefficient (Wildman–Crippen LogP) is 3.52. The minimum absolute atomic E-state index is 0.152. The van der Waals surface area contributed by atoms with Gasteiger partial charge in [-0.05, 0) is 22.0 Å². The molecule has 1 heterocycles. The molecule has 0 saturated carbocycles. The number of hydrogen-bond acceptors (Lipinski definition) is 3. The summed E-state index contributed by atoms with van der Waals surface area (Å²) in [5.74, 6) is 0.853. The van der Waals surface area contributed by atoms with Gasteiger partial charge in [-0.25, -0.2) is 9.37 Å². The third-order valence-corrected chi connectivity index (χ3v) is 2.77. The Balaban J connectivity index is 2.11. The van der Waals surface area contributed by atoms with Crippen LogP contribution in [0.5, 0.6) is 5.88 Å². The molecule has 0 amide bonds. The Kier molecular flexibility index (Phi) is 4.25. The minimum Gasteiger partial charge on any atom is -0.473 e. The molecule has 0 atom stereocenters. The van der Waals surface area contributed by atoms with Crippen molar-refractivity contribution in [2.24, 2.45) is 0 Å². The second-order valence-electron chi connectivity index (χ2n) is 3.68. The Morgan fingerprint density at radius 2 is 2.06 bits per heavy atom. The lowest BCUT2D eigenvalue weighted by molar-refractivity contribution is 0.286. The highest BCUT2D eigenvalue weighted by molar-refractivity contribution is 9.10. The predicted molar refractivity (Wildman–Crippen MR) is 69.8 cm³/mol. The molecule has 0 bridgehead atoms. The fourth-order valence-electron chi connectivity index (χ4n) is 1.44. The molecule has 1 aromatic carbocycles. The lowest BCUT2D eigenvalue weighted by Gasteiger charge is -2.07. The zero-order valence-electron chi connectivity index (χ0n) is 9.86. The number of aromatic nitrogens is 2. The summed E-state index contributed by atoms with van der Waals surface area (Å²) in [6, 6.07) is 8.18. The van der Waals surface area contributed by atoms with E-state index in [-0.39, 0.29) is 12.4 Å². The smallest absolute Gasteiger partial charge is 0.218 e. The van der Waals surface area contributed by atoms with Crippen LogP contribution in [-0.2, 0) is 13.0 Å². The zero-order chi connectivity index (χ0) is 13.0. The quantitative estimate of drug-likeness (QED) is 0.810. The molecule has 5 heteroatoms. The third kappa shape index (κ3) is 3.26. The van der Waals surface area contributed by atoms with Gasteiger partial charge in [0.15, 0.2) is 0 Å². The Bertz CT molecular complexity index is 548. The summed E-state index contributed by atoms with van der Waals surface area (Å²) in [6.07, 6.45) is 0.718. The molecule has 0 aliphatic carbocycles. The van der Waals surface area contributed by atoms with Crippen LogP contribution < -0.4 is 4.74 Å². The van der Waals surface area contributed by atoms with Gasteiger partial charge < -0.3 is 4.74 Å². The fraction of sp³-hybridized carbons (Fsp3) is 0.231. The molecule has 2 aromatic rings. The van der Waals surface area contributed by atoms with E-state index in [1.54, 1.807) is 24.3 Å². The van der Waals surface area contributed by atoms with Crippen LogP contribution in [0.1, 0.15) is 18.3 Å². The van der Waals surface area contributed by atoms with Crippen LogP contribution in [0.25, 0.3) is 0 Å². The maximum absolute atomic E-state index is 13.4. The van der Waals surface area contributed by atoms with Gasteiger partial charge in [0.1, 0.15) is 22.9 Å². The van der Waals surface area contributed by atoms with E-state index in [9.17, 15) is 4.39 Å². The molecule has 0 spiro atoms. The largest absolute Gasteiger partial charge is 0.473 e.